The van der Waals surface area contributed by atoms with Gasteiger partial charge in [0.15, 0.2) is 0 Å². The Morgan fingerprint density at radius 2 is 2.06 bits per heavy atom. The van der Waals surface area contributed by atoms with Crippen molar-refractivity contribution in [3.8, 4) is 0 Å². The van der Waals surface area contributed by atoms with Crippen LogP contribution in [-0.4, -0.2) is 23.8 Å². The molecule has 0 saturated heterocycles. The van der Waals surface area contributed by atoms with Crippen molar-refractivity contribution < 1.29 is 13.9 Å². The summed E-state index contributed by atoms with van der Waals surface area (Å²) in [5, 5.41) is 13.1. The van der Waals surface area contributed by atoms with Crippen LogP contribution in [0.2, 0.25) is 0 Å². The zero-order valence-electron chi connectivity index (χ0n) is 10.3. The minimum absolute atomic E-state index is 0.0906. The Morgan fingerprint density at radius 3 is 2.71 bits per heavy atom. The van der Waals surface area contributed by atoms with Crippen molar-refractivity contribution in [2.24, 2.45) is 0 Å². The minimum atomic E-state index is -1.08. The molecule has 0 aliphatic heterocycles. The molecular formula is C13H19F2NO. The van der Waals surface area contributed by atoms with E-state index in [1.54, 1.807) is 6.92 Å². The van der Waals surface area contributed by atoms with Crippen LogP contribution in [0.1, 0.15) is 25.8 Å². The number of halogens is 2. The van der Waals surface area contributed by atoms with E-state index in [-0.39, 0.29) is 12.0 Å². The van der Waals surface area contributed by atoms with E-state index >= 15 is 0 Å². The summed E-state index contributed by atoms with van der Waals surface area (Å²) in [6, 6.07) is 3.28. The van der Waals surface area contributed by atoms with E-state index < -0.39 is 17.2 Å². The summed E-state index contributed by atoms with van der Waals surface area (Å²) in [4.78, 5) is 0. The topological polar surface area (TPSA) is 32.3 Å². The van der Waals surface area contributed by atoms with Gasteiger partial charge in [0.05, 0.1) is 5.60 Å². The Labute approximate surface area is 101 Å². The monoisotopic (exact) mass is 243 g/mol. The smallest absolute Gasteiger partial charge is 0.126 e. The predicted molar refractivity (Wildman–Crippen MR) is 63.8 cm³/mol. The third-order valence-corrected chi connectivity index (χ3v) is 2.51. The maximum atomic E-state index is 13.4. The highest BCUT2D eigenvalue weighted by molar-refractivity contribution is 5.20. The molecule has 0 radical (unpaired) electrons. The van der Waals surface area contributed by atoms with Gasteiger partial charge in [0.25, 0.3) is 0 Å². The lowest BCUT2D eigenvalue weighted by atomic mass is 9.96. The van der Waals surface area contributed by atoms with Crippen molar-refractivity contribution >= 4 is 0 Å². The molecule has 0 heterocycles. The van der Waals surface area contributed by atoms with Crippen molar-refractivity contribution in [3.63, 3.8) is 0 Å². The van der Waals surface area contributed by atoms with Gasteiger partial charge in [0.1, 0.15) is 11.6 Å². The van der Waals surface area contributed by atoms with Crippen molar-refractivity contribution in [1.82, 2.24) is 5.32 Å². The van der Waals surface area contributed by atoms with Crippen molar-refractivity contribution in [2.45, 2.75) is 32.3 Å². The highest BCUT2D eigenvalue weighted by Gasteiger charge is 2.22. The number of hydrogen-bond donors (Lipinski definition) is 2. The van der Waals surface area contributed by atoms with E-state index in [0.29, 0.717) is 6.54 Å². The maximum Gasteiger partial charge on any atom is 0.126 e. The molecule has 2 N–H and O–H groups in total. The lowest BCUT2D eigenvalue weighted by Gasteiger charge is -2.24. The Morgan fingerprint density at radius 1 is 1.35 bits per heavy atom. The van der Waals surface area contributed by atoms with Crippen LogP contribution in [0.25, 0.3) is 0 Å². The van der Waals surface area contributed by atoms with Crippen molar-refractivity contribution in [3.05, 3.63) is 35.4 Å². The van der Waals surface area contributed by atoms with Crippen LogP contribution in [-0.2, 0) is 6.42 Å². The van der Waals surface area contributed by atoms with Gasteiger partial charge in [-0.05, 0) is 43.7 Å². The standard InChI is InChI=1S/C13H19F2NO/c1-3-6-16-9-13(2,17)8-10-7-11(14)4-5-12(10)15/h4-5,7,16-17H,3,6,8-9H2,1-2H3. The number of nitrogens with one attached hydrogen (secondary N) is 1. The van der Waals surface area contributed by atoms with E-state index in [0.717, 1.165) is 31.2 Å². The molecule has 1 atom stereocenters. The van der Waals surface area contributed by atoms with Gasteiger partial charge < -0.3 is 10.4 Å². The van der Waals surface area contributed by atoms with Gasteiger partial charge in [-0.15, -0.1) is 0 Å². The summed E-state index contributed by atoms with van der Waals surface area (Å²) in [6.07, 6.45) is 1.05. The average Bonchev–Trinajstić information content (AvgIpc) is 2.23. The first-order chi connectivity index (χ1) is 7.94. The first-order valence-electron chi connectivity index (χ1n) is 5.81. The summed E-state index contributed by atoms with van der Waals surface area (Å²) < 4.78 is 26.4. The molecule has 0 saturated carbocycles. The van der Waals surface area contributed by atoms with Gasteiger partial charge in [-0.3, -0.25) is 0 Å². The third-order valence-electron chi connectivity index (χ3n) is 2.51. The van der Waals surface area contributed by atoms with Gasteiger partial charge in [-0.2, -0.15) is 0 Å². The Balaban J connectivity index is 2.65. The van der Waals surface area contributed by atoms with Crippen LogP contribution in [0, 0.1) is 11.6 Å². The lowest BCUT2D eigenvalue weighted by molar-refractivity contribution is 0.0594. The molecule has 0 bridgehead atoms. The molecule has 2 nitrogen and oxygen atoms in total. The van der Waals surface area contributed by atoms with Crippen LogP contribution >= 0.6 is 0 Å². The Bertz CT molecular complexity index is 366. The molecule has 0 amide bonds. The van der Waals surface area contributed by atoms with Gasteiger partial charge in [-0.25, -0.2) is 8.78 Å². The second-order valence-corrected chi connectivity index (χ2v) is 4.59. The average molecular weight is 243 g/mol. The molecule has 0 aliphatic carbocycles. The summed E-state index contributed by atoms with van der Waals surface area (Å²) in [5.74, 6) is -0.971. The first kappa shape index (κ1) is 14.1. The van der Waals surface area contributed by atoms with Crippen molar-refractivity contribution in [1.29, 1.82) is 0 Å². The molecular weight excluding hydrogens is 224 g/mol. The van der Waals surface area contributed by atoms with Crippen LogP contribution in [0.3, 0.4) is 0 Å². The number of hydrogen-bond acceptors (Lipinski definition) is 2. The number of benzene rings is 1. The van der Waals surface area contributed by atoms with E-state index in [9.17, 15) is 13.9 Å². The largest absolute Gasteiger partial charge is 0.389 e. The second-order valence-electron chi connectivity index (χ2n) is 4.59. The van der Waals surface area contributed by atoms with Gasteiger partial charge in [0, 0.05) is 13.0 Å². The SMILES string of the molecule is CCCNCC(C)(O)Cc1cc(F)ccc1F. The molecule has 0 aliphatic rings. The minimum Gasteiger partial charge on any atom is -0.389 e. The fourth-order valence-corrected chi connectivity index (χ4v) is 1.69. The molecule has 1 aromatic carbocycles. The van der Waals surface area contributed by atoms with Crippen LogP contribution in [0.4, 0.5) is 8.78 Å². The molecule has 1 unspecified atom stereocenters. The molecule has 96 valence electrons. The Hall–Kier alpha value is -1.00. The predicted octanol–water partition coefficient (Wildman–Crippen LogP) is 2.26. The fraction of sp³-hybridized carbons (Fsp3) is 0.538. The van der Waals surface area contributed by atoms with E-state index in [2.05, 4.69) is 5.32 Å². The summed E-state index contributed by atoms with van der Waals surface area (Å²) in [5.41, 5.74) is -0.877. The van der Waals surface area contributed by atoms with Gasteiger partial charge in [-0.1, -0.05) is 6.92 Å². The zero-order valence-corrected chi connectivity index (χ0v) is 10.3. The molecule has 0 fully saturated rings. The van der Waals surface area contributed by atoms with Gasteiger partial charge >= 0.3 is 0 Å². The molecule has 1 rings (SSSR count). The summed E-state index contributed by atoms with van der Waals surface area (Å²) in [7, 11) is 0. The van der Waals surface area contributed by atoms with E-state index in [1.165, 1.54) is 0 Å². The summed E-state index contributed by atoms with van der Waals surface area (Å²) in [6.45, 7) is 4.78. The van der Waals surface area contributed by atoms with E-state index in [4.69, 9.17) is 0 Å². The highest BCUT2D eigenvalue weighted by atomic mass is 19.1. The molecule has 17 heavy (non-hydrogen) atoms. The third kappa shape index (κ3) is 4.79. The first-order valence-corrected chi connectivity index (χ1v) is 5.81. The molecule has 1 aromatic rings. The molecule has 0 spiro atoms. The second kappa shape index (κ2) is 6.07. The summed E-state index contributed by atoms with van der Waals surface area (Å²) >= 11 is 0. The zero-order chi connectivity index (χ0) is 12.9. The van der Waals surface area contributed by atoms with Crippen LogP contribution < -0.4 is 5.32 Å². The molecule has 0 aromatic heterocycles. The molecule has 4 heteroatoms. The number of aliphatic hydroxyl groups is 1. The Kier molecular flexibility index (Phi) is 5.02. The van der Waals surface area contributed by atoms with Crippen LogP contribution in [0.5, 0.6) is 0 Å². The van der Waals surface area contributed by atoms with Crippen molar-refractivity contribution in [2.75, 3.05) is 13.1 Å². The lowest BCUT2D eigenvalue weighted by Crippen LogP contribution is -2.40. The normalized spacial score (nSPS) is 14.6. The van der Waals surface area contributed by atoms with Crippen LogP contribution in [0.15, 0.2) is 18.2 Å². The fourth-order valence-electron chi connectivity index (χ4n) is 1.69. The van der Waals surface area contributed by atoms with E-state index in [1.807, 2.05) is 6.92 Å². The number of rotatable bonds is 6. The quantitative estimate of drug-likeness (QED) is 0.751. The highest BCUT2D eigenvalue weighted by Crippen LogP contribution is 2.17. The van der Waals surface area contributed by atoms with Gasteiger partial charge in [0.2, 0.25) is 0 Å². The maximum absolute atomic E-state index is 13.4.